The zero-order chi connectivity index (χ0) is 14.5. The Labute approximate surface area is 120 Å². The second-order valence-electron chi connectivity index (χ2n) is 4.25. The summed E-state index contributed by atoms with van der Waals surface area (Å²) in [6.07, 6.45) is 2.10. The van der Waals surface area contributed by atoms with E-state index in [4.69, 9.17) is 18.0 Å². The highest BCUT2D eigenvalue weighted by molar-refractivity contribution is 7.80. The van der Waals surface area contributed by atoms with E-state index < -0.39 is 11.6 Å². The summed E-state index contributed by atoms with van der Waals surface area (Å²) in [6, 6.07) is 6.99. The maximum Gasteiger partial charge on any atom is 0.126 e. The normalized spacial score (nSPS) is 10.3. The van der Waals surface area contributed by atoms with Crippen LogP contribution in [0.3, 0.4) is 0 Å². The SMILES string of the molecule is NC(=S)c1cc(NCCc2cc(F)cc(F)c2)ccn1. The molecule has 1 aromatic heterocycles. The molecule has 1 heterocycles. The molecule has 0 saturated heterocycles. The van der Waals surface area contributed by atoms with Crippen LogP contribution in [0.5, 0.6) is 0 Å². The van der Waals surface area contributed by atoms with Gasteiger partial charge in [-0.05, 0) is 36.2 Å². The molecule has 20 heavy (non-hydrogen) atoms. The highest BCUT2D eigenvalue weighted by Crippen LogP contribution is 2.11. The molecule has 2 rings (SSSR count). The molecule has 0 bridgehead atoms. The third-order valence-electron chi connectivity index (χ3n) is 2.68. The van der Waals surface area contributed by atoms with Crippen LogP contribution in [0, 0.1) is 11.6 Å². The van der Waals surface area contributed by atoms with Gasteiger partial charge in [0.1, 0.15) is 16.6 Å². The summed E-state index contributed by atoms with van der Waals surface area (Å²) in [5.74, 6) is -1.14. The van der Waals surface area contributed by atoms with E-state index in [0.717, 1.165) is 11.8 Å². The Morgan fingerprint density at radius 1 is 1.20 bits per heavy atom. The summed E-state index contributed by atoms with van der Waals surface area (Å²) >= 11 is 4.84. The third-order valence-corrected chi connectivity index (χ3v) is 2.89. The van der Waals surface area contributed by atoms with Gasteiger partial charge in [0, 0.05) is 24.5 Å². The summed E-state index contributed by atoms with van der Waals surface area (Å²) in [7, 11) is 0. The lowest BCUT2D eigenvalue weighted by Gasteiger charge is -2.08. The van der Waals surface area contributed by atoms with Crippen molar-refractivity contribution in [2.45, 2.75) is 6.42 Å². The van der Waals surface area contributed by atoms with Crippen LogP contribution >= 0.6 is 12.2 Å². The molecule has 0 atom stereocenters. The van der Waals surface area contributed by atoms with Crippen molar-refractivity contribution in [1.29, 1.82) is 0 Å². The molecule has 0 fully saturated rings. The Kier molecular flexibility index (Phi) is 4.57. The largest absolute Gasteiger partial charge is 0.388 e. The molecule has 3 N–H and O–H groups in total. The molecule has 0 saturated carbocycles. The lowest BCUT2D eigenvalue weighted by atomic mass is 10.1. The Balaban J connectivity index is 1.95. The number of aromatic nitrogens is 1. The molecule has 0 aliphatic rings. The summed E-state index contributed by atoms with van der Waals surface area (Å²) in [5.41, 5.74) is 7.42. The van der Waals surface area contributed by atoms with Crippen molar-refractivity contribution in [3.63, 3.8) is 0 Å². The van der Waals surface area contributed by atoms with Crippen molar-refractivity contribution in [3.8, 4) is 0 Å². The number of nitrogens with zero attached hydrogens (tertiary/aromatic N) is 1. The number of halogens is 2. The lowest BCUT2D eigenvalue weighted by molar-refractivity contribution is 0.580. The number of hydrogen-bond acceptors (Lipinski definition) is 3. The number of rotatable bonds is 5. The van der Waals surface area contributed by atoms with Gasteiger partial charge in [-0.1, -0.05) is 12.2 Å². The first-order chi connectivity index (χ1) is 9.54. The number of nitrogens with two attached hydrogens (primary N) is 1. The van der Waals surface area contributed by atoms with Crippen LogP contribution in [-0.2, 0) is 6.42 Å². The minimum Gasteiger partial charge on any atom is -0.388 e. The van der Waals surface area contributed by atoms with E-state index in [9.17, 15) is 8.78 Å². The highest BCUT2D eigenvalue weighted by atomic mass is 32.1. The molecule has 6 heteroatoms. The smallest absolute Gasteiger partial charge is 0.126 e. The van der Waals surface area contributed by atoms with Crippen LogP contribution in [0.1, 0.15) is 11.3 Å². The minimum absolute atomic E-state index is 0.223. The van der Waals surface area contributed by atoms with Gasteiger partial charge >= 0.3 is 0 Å². The Morgan fingerprint density at radius 2 is 1.90 bits per heavy atom. The zero-order valence-corrected chi connectivity index (χ0v) is 11.4. The quantitative estimate of drug-likeness (QED) is 0.832. The van der Waals surface area contributed by atoms with Crippen LogP contribution in [0.25, 0.3) is 0 Å². The molecule has 3 nitrogen and oxygen atoms in total. The van der Waals surface area contributed by atoms with Crippen LogP contribution in [0.15, 0.2) is 36.5 Å². The van der Waals surface area contributed by atoms with Gasteiger partial charge in [-0.15, -0.1) is 0 Å². The minimum atomic E-state index is -0.570. The molecule has 0 spiro atoms. The molecular weight excluding hydrogens is 280 g/mol. The van der Waals surface area contributed by atoms with E-state index >= 15 is 0 Å². The summed E-state index contributed by atoms with van der Waals surface area (Å²) in [5, 5.41) is 3.13. The van der Waals surface area contributed by atoms with Gasteiger partial charge < -0.3 is 11.1 Å². The molecule has 0 amide bonds. The molecule has 0 aliphatic heterocycles. The molecule has 1 aromatic carbocycles. The third kappa shape index (κ3) is 3.96. The first-order valence-corrected chi connectivity index (χ1v) is 6.40. The van der Waals surface area contributed by atoms with Gasteiger partial charge in [0.15, 0.2) is 0 Å². The molecule has 0 radical (unpaired) electrons. The molecule has 104 valence electrons. The fourth-order valence-corrected chi connectivity index (χ4v) is 1.89. The fourth-order valence-electron chi connectivity index (χ4n) is 1.78. The second kappa shape index (κ2) is 6.38. The van der Waals surface area contributed by atoms with Crippen molar-refractivity contribution in [1.82, 2.24) is 4.98 Å². The maximum absolute atomic E-state index is 13.0. The van der Waals surface area contributed by atoms with E-state index in [1.807, 2.05) is 0 Å². The maximum atomic E-state index is 13.0. The summed E-state index contributed by atoms with van der Waals surface area (Å²) in [6.45, 7) is 0.531. The van der Waals surface area contributed by atoms with Crippen molar-refractivity contribution in [3.05, 3.63) is 59.4 Å². The number of anilines is 1. The second-order valence-corrected chi connectivity index (χ2v) is 4.69. The fraction of sp³-hybridized carbons (Fsp3) is 0.143. The first kappa shape index (κ1) is 14.3. The van der Waals surface area contributed by atoms with Crippen molar-refractivity contribution < 1.29 is 8.78 Å². The van der Waals surface area contributed by atoms with Crippen LogP contribution in [0.4, 0.5) is 14.5 Å². The Hall–Kier alpha value is -2.08. The van der Waals surface area contributed by atoms with Crippen LogP contribution in [0.2, 0.25) is 0 Å². The number of hydrogen-bond donors (Lipinski definition) is 2. The predicted molar refractivity (Wildman–Crippen MR) is 78.7 cm³/mol. The standard InChI is InChI=1S/C14H13F2N3S/c15-10-5-9(6-11(16)7-10)1-3-18-12-2-4-19-13(8-12)14(17)20/h2,4-8H,1,3H2,(H2,17,20)(H,18,19). The Bertz CT molecular complexity index is 611. The summed E-state index contributed by atoms with van der Waals surface area (Å²) in [4.78, 5) is 4.25. The van der Waals surface area contributed by atoms with E-state index in [1.165, 1.54) is 12.1 Å². The van der Waals surface area contributed by atoms with E-state index in [-0.39, 0.29) is 4.99 Å². The van der Waals surface area contributed by atoms with Crippen molar-refractivity contribution in [2.24, 2.45) is 5.73 Å². The van der Waals surface area contributed by atoms with Crippen LogP contribution in [-0.4, -0.2) is 16.5 Å². The molecule has 0 aliphatic carbocycles. The Morgan fingerprint density at radius 3 is 2.55 bits per heavy atom. The molecular formula is C14H13F2N3S. The van der Waals surface area contributed by atoms with Gasteiger partial charge in [-0.2, -0.15) is 0 Å². The lowest BCUT2D eigenvalue weighted by Crippen LogP contribution is -2.12. The zero-order valence-electron chi connectivity index (χ0n) is 10.6. The van der Waals surface area contributed by atoms with Crippen LogP contribution < -0.4 is 11.1 Å². The predicted octanol–water partition coefficient (Wildman–Crippen LogP) is 2.65. The van der Waals surface area contributed by atoms with Gasteiger partial charge in [-0.25, -0.2) is 8.78 Å². The van der Waals surface area contributed by atoms with E-state index in [1.54, 1.807) is 18.3 Å². The highest BCUT2D eigenvalue weighted by Gasteiger charge is 2.02. The average Bonchev–Trinajstić information content (AvgIpc) is 2.38. The van der Waals surface area contributed by atoms with Gasteiger partial charge in [0.2, 0.25) is 0 Å². The number of thiocarbonyl (C=S) groups is 1. The first-order valence-electron chi connectivity index (χ1n) is 5.99. The molecule has 2 aromatic rings. The van der Waals surface area contributed by atoms with Gasteiger partial charge in [0.05, 0.1) is 5.69 Å². The number of pyridine rings is 1. The topological polar surface area (TPSA) is 50.9 Å². The van der Waals surface area contributed by atoms with Gasteiger partial charge in [-0.3, -0.25) is 4.98 Å². The number of nitrogens with one attached hydrogen (secondary N) is 1. The van der Waals surface area contributed by atoms with E-state index in [0.29, 0.717) is 24.2 Å². The number of benzene rings is 1. The molecule has 0 unspecified atom stereocenters. The van der Waals surface area contributed by atoms with Gasteiger partial charge in [0.25, 0.3) is 0 Å². The average molecular weight is 293 g/mol. The summed E-state index contributed by atoms with van der Waals surface area (Å²) < 4.78 is 26.0. The van der Waals surface area contributed by atoms with Crippen molar-refractivity contribution in [2.75, 3.05) is 11.9 Å². The monoisotopic (exact) mass is 293 g/mol. The van der Waals surface area contributed by atoms with Crippen molar-refractivity contribution >= 4 is 22.9 Å². The van der Waals surface area contributed by atoms with E-state index in [2.05, 4.69) is 10.3 Å².